The molecule has 0 saturated carbocycles. The van der Waals surface area contributed by atoms with E-state index in [2.05, 4.69) is 15.6 Å². The average molecular weight is 337 g/mol. The minimum atomic E-state index is -1.06. The molecule has 2 rings (SSSR count). The third-order valence-corrected chi connectivity index (χ3v) is 3.59. The third-order valence-electron chi connectivity index (χ3n) is 3.28. The minimum absolute atomic E-state index is 0.0349. The lowest BCUT2D eigenvalue weighted by atomic mass is 10.1. The number of nitrogens with one attached hydrogen (secondary N) is 1. The molecule has 1 atom stereocenters. The van der Waals surface area contributed by atoms with Crippen LogP contribution in [0.4, 0.5) is 0 Å². The highest BCUT2D eigenvalue weighted by molar-refractivity contribution is 6.32. The molecule has 0 bridgehead atoms. The van der Waals surface area contributed by atoms with Gasteiger partial charge < -0.3 is 10.4 Å². The number of aromatic nitrogens is 3. The molecule has 7 nitrogen and oxygen atoms in total. The molecule has 0 fully saturated rings. The largest absolute Gasteiger partial charge is 0.480 e. The number of hydrogen-bond donors (Lipinski definition) is 2. The summed E-state index contributed by atoms with van der Waals surface area (Å²) in [6, 6.07) is 6.06. The molecule has 8 heteroatoms. The maximum absolute atomic E-state index is 12.1. The second kappa shape index (κ2) is 7.73. The molecule has 1 aromatic carbocycles. The average Bonchev–Trinajstić information content (AvgIpc) is 3.01. The van der Waals surface area contributed by atoms with E-state index >= 15 is 0 Å². The number of amides is 1. The molecule has 0 unspecified atom stereocenters. The zero-order valence-electron chi connectivity index (χ0n) is 12.6. The summed E-state index contributed by atoms with van der Waals surface area (Å²) >= 11 is 6.06. The van der Waals surface area contributed by atoms with Crippen LogP contribution in [-0.2, 0) is 4.79 Å². The van der Waals surface area contributed by atoms with Crippen LogP contribution in [0.5, 0.6) is 0 Å². The van der Waals surface area contributed by atoms with Gasteiger partial charge in [-0.05, 0) is 18.6 Å². The van der Waals surface area contributed by atoms with Gasteiger partial charge in [0.05, 0.1) is 16.9 Å². The fourth-order valence-electron chi connectivity index (χ4n) is 2.02. The number of aliphatic carboxylic acids is 1. The van der Waals surface area contributed by atoms with Gasteiger partial charge in [-0.15, -0.1) is 5.10 Å². The normalized spacial score (nSPS) is 11.9. The first-order valence-corrected chi connectivity index (χ1v) is 7.61. The number of unbranched alkanes of at least 4 members (excludes halogenated alkanes) is 1. The molecule has 2 N–H and O–H groups in total. The molecule has 1 amide bonds. The zero-order chi connectivity index (χ0) is 16.8. The van der Waals surface area contributed by atoms with Crippen molar-refractivity contribution in [3.63, 3.8) is 0 Å². The number of carboxylic acids is 1. The van der Waals surface area contributed by atoms with Gasteiger partial charge in [-0.3, -0.25) is 4.79 Å². The Hall–Kier alpha value is -2.41. The number of rotatable bonds is 7. The Labute approximate surface area is 138 Å². The highest BCUT2D eigenvalue weighted by Gasteiger charge is 2.22. The summed E-state index contributed by atoms with van der Waals surface area (Å²) in [7, 11) is 0. The highest BCUT2D eigenvalue weighted by atomic mass is 35.5. The number of nitrogens with zero attached hydrogens (tertiary/aromatic N) is 3. The first kappa shape index (κ1) is 17.0. The van der Waals surface area contributed by atoms with E-state index in [1.807, 2.05) is 6.92 Å². The van der Waals surface area contributed by atoms with E-state index in [1.54, 1.807) is 24.3 Å². The lowest BCUT2D eigenvalue weighted by Crippen LogP contribution is -2.40. The van der Waals surface area contributed by atoms with Crippen molar-refractivity contribution < 1.29 is 14.7 Å². The van der Waals surface area contributed by atoms with Crippen LogP contribution >= 0.6 is 11.6 Å². The van der Waals surface area contributed by atoms with Crippen molar-refractivity contribution in [1.82, 2.24) is 20.3 Å². The van der Waals surface area contributed by atoms with Crippen molar-refractivity contribution >= 4 is 23.5 Å². The fourth-order valence-corrected chi connectivity index (χ4v) is 2.24. The summed E-state index contributed by atoms with van der Waals surface area (Å²) in [6.07, 6.45) is 3.34. The Bertz CT molecular complexity index is 702. The lowest BCUT2D eigenvalue weighted by Gasteiger charge is -2.12. The van der Waals surface area contributed by atoms with Crippen LogP contribution in [0.2, 0.25) is 5.02 Å². The topological polar surface area (TPSA) is 97.1 Å². The van der Waals surface area contributed by atoms with E-state index in [1.165, 1.54) is 10.9 Å². The summed E-state index contributed by atoms with van der Waals surface area (Å²) in [5, 5.41) is 19.7. The maximum atomic E-state index is 12.1. The van der Waals surface area contributed by atoms with Gasteiger partial charge in [-0.1, -0.05) is 48.7 Å². The molecule has 1 heterocycles. The quantitative estimate of drug-likeness (QED) is 0.808. The summed E-state index contributed by atoms with van der Waals surface area (Å²) in [5.41, 5.74) is 0.620. The number of para-hydroxylation sites is 1. The van der Waals surface area contributed by atoms with Crippen LogP contribution in [0.15, 0.2) is 30.5 Å². The predicted molar refractivity (Wildman–Crippen MR) is 84.8 cm³/mol. The van der Waals surface area contributed by atoms with Crippen molar-refractivity contribution in [3.05, 3.63) is 41.2 Å². The van der Waals surface area contributed by atoms with Gasteiger partial charge in [0.1, 0.15) is 6.04 Å². The molecular weight excluding hydrogens is 320 g/mol. The molecule has 23 heavy (non-hydrogen) atoms. The maximum Gasteiger partial charge on any atom is 0.326 e. The van der Waals surface area contributed by atoms with E-state index in [-0.39, 0.29) is 5.69 Å². The van der Waals surface area contributed by atoms with Crippen LogP contribution < -0.4 is 5.32 Å². The highest BCUT2D eigenvalue weighted by Crippen LogP contribution is 2.18. The molecule has 0 spiro atoms. The van der Waals surface area contributed by atoms with Crippen LogP contribution in [0.1, 0.15) is 36.7 Å². The van der Waals surface area contributed by atoms with Crippen molar-refractivity contribution in [2.24, 2.45) is 0 Å². The minimum Gasteiger partial charge on any atom is -0.480 e. The van der Waals surface area contributed by atoms with Gasteiger partial charge >= 0.3 is 5.97 Å². The van der Waals surface area contributed by atoms with E-state index < -0.39 is 17.9 Å². The number of carbonyl (C=O) groups is 2. The Morgan fingerprint density at radius 1 is 1.39 bits per heavy atom. The third kappa shape index (κ3) is 4.29. The van der Waals surface area contributed by atoms with Gasteiger partial charge in [-0.25, -0.2) is 9.48 Å². The zero-order valence-corrected chi connectivity index (χ0v) is 13.3. The Morgan fingerprint density at radius 2 is 2.13 bits per heavy atom. The van der Waals surface area contributed by atoms with E-state index in [4.69, 9.17) is 16.7 Å². The van der Waals surface area contributed by atoms with Gasteiger partial charge in [-0.2, -0.15) is 0 Å². The fraction of sp³-hybridized carbons (Fsp3) is 0.333. The number of carbonyl (C=O) groups excluding carboxylic acids is 1. The van der Waals surface area contributed by atoms with Gasteiger partial charge in [0, 0.05) is 0 Å². The van der Waals surface area contributed by atoms with Crippen LogP contribution in [0, 0.1) is 0 Å². The molecule has 0 radical (unpaired) electrons. The molecular formula is C15H17ClN4O3. The van der Waals surface area contributed by atoms with E-state index in [9.17, 15) is 9.59 Å². The van der Waals surface area contributed by atoms with Crippen molar-refractivity contribution in [2.45, 2.75) is 32.2 Å². The Kier molecular flexibility index (Phi) is 5.70. The first-order valence-electron chi connectivity index (χ1n) is 7.23. The summed E-state index contributed by atoms with van der Waals surface area (Å²) < 4.78 is 1.37. The predicted octanol–water partition coefficient (Wildman–Crippen LogP) is 2.29. The van der Waals surface area contributed by atoms with E-state index in [0.717, 1.165) is 6.42 Å². The molecule has 0 aliphatic carbocycles. The summed E-state index contributed by atoms with van der Waals surface area (Å²) in [5.74, 6) is -1.64. The molecule has 0 aliphatic rings. The Morgan fingerprint density at radius 3 is 2.78 bits per heavy atom. The summed E-state index contributed by atoms with van der Waals surface area (Å²) in [4.78, 5) is 23.3. The molecule has 0 saturated heterocycles. The SMILES string of the molecule is CCCC[C@H](NC(=O)c1cn(-c2ccccc2Cl)nn1)C(=O)O. The van der Waals surface area contributed by atoms with Gasteiger partial charge in [0.25, 0.3) is 5.91 Å². The van der Waals surface area contributed by atoms with Gasteiger partial charge in [0.2, 0.25) is 0 Å². The number of hydrogen-bond acceptors (Lipinski definition) is 4. The summed E-state index contributed by atoms with van der Waals surface area (Å²) in [6.45, 7) is 1.95. The standard InChI is InChI=1S/C15H17ClN4O3/c1-2-3-7-11(15(22)23)17-14(21)12-9-20(19-18-12)13-8-5-4-6-10(13)16/h4-6,8-9,11H,2-3,7H2,1H3,(H,17,21)(H,22,23)/t11-/m0/s1. The number of benzene rings is 1. The second-order valence-corrected chi connectivity index (χ2v) is 5.41. The van der Waals surface area contributed by atoms with Crippen molar-refractivity contribution in [2.75, 3.05) is 0 Å². The van der Waals surface area contributed by atoms with E-state index in [0.29, 0.717) is 23.6 Å². The van der Waals surface area contributed by atoms with Crippen LogP contribution in [-0.4, -0.2) is 38.0 Å². The van der Waals surface area contributed by atoms with Crippen LogP contribution in [0.3, 0.4) is 0 Å². The number of halogens is 1. The molecule has 122 valence electrons. The molecule has 1 aromatic heterocycles. The van der Waals surface area contributed by atoms with Gasteiger partial charge in [0.15, 0.2) is 5.69 Å². The van der Waals surface area contributed by atoms with Crippen molar-refractivity contribution in [3.8, 4) is 5.69 Å². The Balaban J connectivity index is 2.12. The van der Waals surface area contributed by atoms with Crippen LogP contribution in [0.25, 0.3) is 5.69 Å². The number of carboxylic acid groups (broad SMARTS) is 1. The molecule has 0 aliphatic heterocycles. The molecule has 2 aromatic rings. The second-order valence-electron chi connectivity index (χ2n) is 5.01. The van der Waals surface area contributed by atoms with Crippen molar-refractivity contribution in [1.29, 1.82) is 0 Å². The smallest absolute Gasteiger partial charge is 0.326 e. The first-order chi connectivity index (χ1) is 11.0. The lowest BCUT2D eigenvalue weighted by molar-refractivity contribution is -0.139. The monoisotopic (exact) mass is 336 g/mol.